The monoisotopic (exact) mass is 365 g/mol. The quantitative estimate of drug-likeness (QED) is 0.711. The smallest absolute Gasteiger partial charge is 0.251 e. The van der Waals surface area contributed by atoms with Crippen molar-refractivity contribution >= 4 is 5.91 Å². The topological polar surface area (TPSA) is 62.4 Å². The third kappa shape index (κ3) is 3.81. The van der Waals surface area contributed by atoms with E-state index in [1.807, 2.05) is 0 Å². The van der Waals surface area contributed by atoms with Gasteiger partial charge in [-0.05, 0) is 23.8 Å². The van der Waals surface area contributed by atoms with Gasteiger partial charge in [0.1, 0.15) is 11.6 Å². The Hall–Kier alpha value is -2.58. The molecule has 0 unspecified atom stereocenters. The molecule has 1 heterocycles. The number of hydrogen-bond donors (Lipinski definition) is 3. The molecule has 0 atom stereocenters. The Morgan fingerprint density at radius 1 is 1.19 bits per heavy atom. The van der Waals surface area contributed by atoms with Crippen molar-refractivity contribution in [3.63, 3.8) is 0 Å². The number of benzene rings is 2. The van der Waals surface area contributed by atoms with Gasteiger partial charge in [0.15, 0.2) is 11.6 Å². The zero-order valence-corrected chi connectivity index (χ0v) is 14.0. The molecule has 1 fully saturated rings. The van der Waals surface area contributed by atoms with E-state index in [2.05, 4.69) is 16.2 Å². The summed E-state index contributed by atoms with van der Waals surface area (Å²) in [5.41, 5.74) is 7.07. The van der Waals surface area contributed by atoms with E-state index in [4.69, 9.17) is 4.74 Å². The molecule has 0 aliphatic carbocycles. The Morgan fingerprint density at radius 3 is 2.62 bits per heavy atom. The zero-order chi connectivity index (χ0) is 18.7. The highest BCUT2D eigenvalue weighted by Gasteiger charge is 2.21. The number of carbonyl (C=O) groups excluding carboxylic acids is 1. The van der Waals surface area contributed by atoms with Crippen LogP contribution in [0.25, 0.3) is 0 Å². The van der Waals surface area contributed by atoms with Gasteiger partial charge in [0.2, 0.25) is 0 Å². The van der Waals surface area contributed by atoms with Gasteiger partial charge in [0.25, 0.3) is 5.91 Å². The van der Waals surface area contributed by atoms with E-state index in [9.17, 15) is 18.0 Å². The fourth-order valence-electron chi connectivity index (χ4n) is 2.89. The highest BCUT2D eigenvalue weighted by Crippen LogP contribution is 2.28. The predicted molar refractivity (Wildman–Crippen MR) is 89.2 cm³/mol. The molecule has 1 saturated heterocycles. The van der Waals surface area contributed by atoms with Gasteiger partial charge in [0, 0.05) is 42.7 Å². The number of methoxy groups -OCH3 is 1. The summed E-state index contributed by atoms with van der Waals surface area (Å²) >= 11 is 0. The lowest BCUT2D eigenvalue weighted by Gasteiger charge is -2.15. The number of ether oxygens (including phenoxy) is 1. The summed E-state index contributed by atoms with van der Waals surface area (Å²) in [4.78, 5) is 12.3. The Kier molecular flexibility index (Phi) is 5.43. The second-order valence-corrected chi connectivity index (χ2v) is 5.96. The second-order valence-electron chi connectivity index (χ2n) is 5.96. The van der Waals surface area contributed by atoms with Crippen molar-refractivity contribution in [1.29, 1.82) is 0 Å². The number of hydrogen-bond acceptors (Lipinski definition) is 4. The molecule has 26 heavy (non-hydrogen) atoms. The van der Waals surface area contributed by atoms with Crippen molar-refractivity contribution in [2.75, 3.05) is 20.2 Å². The number of hydrazine groups is 1. The van der Waals surface area contributed by atoms with E-state index in [0.717, 1.165) is 24.7 Å². The molecule has 0 radical (unpaired) electrons. The van der Waals surface area contributed by atoms with E-state index in [-0.39, 0.29) is 18.0 Å². The van der Waals surface area contributed by atoms with E-state index in [0.29, 0.717) is 17.4 Å². The minimum absolute atomic E-state index is 0.214. The molecule has 5 nitrogen and oxygen atoms in total. The first-order valence-corrected chi connectivity index (χ1v) is 8.05. The average molecular weight is 365 g/mol. The summed E-state index contributed by atoms with van der Waals surface area (Å²) in [5, 5.41) is 2.46. The average Bonchev–Trinajstić information content (AvgIpc) is 3.17. The van der Waals surface area contributed by atoms with Crippen LogP contribution < -0.4 is 20.9 Å². The lowest BCUT2D eigenvalue weighted by molar-refractivity contribution is 0.0950. The normalized spacial score (nSPS) is 14.5. The van der Waals surface area contributed by atoms with Gasteiger partial charge < -0.3 is 10.1 Å². The summed E-state index contributed by atoms with van der Waals surface area (Å²) in [7, 11) is 1.52. The van der Waals surface area contributed by atoms with Crippen LogP contribution in [0.1, 0.15) is 27.4 Å². The van der Waals surface area contributed by atoms with Gasteiger partial charge in [-0.1, -0.05) is 6.07 Å². The molecule has 3 rings (SSSR count). The van der Waals surface area contributed by atoms with Crippen LogP contribution in [0.4, 0.5) is 13.2 Å². The van der Waals surface area contributed by atoms with Crippen molar-refractivity contribution in [2.24, 2.45) is 0 Å². The molecule has 1 aliphatic rings. The molecule has 1 amide bonds. The van der Waals surface area contributed by atoms with Crippen LogP contribution >= 0.6 is 0 Å². The van der Waals surface area contributed by atoms with Gasteiger partial charge in [-0.25, -0.2) is 13.2 Å². The van der Waals surface area contributed by atoms with Crippen molar-refractivity contribution in [1.82, 2.24) is 16.2 Å². The van der Waals surface area contributed by atoms with E-state index < -0.39 is 23.4 Å². The SMILES string of the molecule is COc1cc(C(=O)NCc2cc(F)cc(F)c2F)ccc1C1CNNC1. The van der Waals surface area contributed by atoms with Gasteiger partial charge in [-0.15, -0.1) is 0 Å². The first-order chi connectivity index (χ1) is 12.5. The van der Waals surface area contributed by atoms with Crippen molar-refractivity contribution in [3.05, 3.63) is 64.5 Å². The second kappa shape index (κ2) is 7.76. The maximum Gasteiger partial charge on any atom is 0.251 e. The highest BCUT2D eigenvalue weighted by atomic mass is 19.2. The fraction of sp³-hybridized carbons (Fsp3) is 0.278. The molecule has 0 saturated carbocycles. The predicted octanol–water partition coefficient (Wildman–Crippen LogP) is 2.23. The number of halogens is 3. The first kappa shape index (κ1) is 18.2. The lowest BCUT2D eigenvalue weighted by atomic mass is 9.97. The van der Waals surface area contributed by atoms with Crippen molar-refractivity contribution < 1.29 is 22.7 Å². The van der Waals surface area contributed by atoms with Crippen molar-refractivity contribution in [3.8, 4) is 5.75 Å². The number of rotatable bonds is 5. The summed E-state index contributed by atoms with van der Waals surface area (Å²) in [6, 6.07) is 6.33. The molecule has 2 aromatic rings. The van der Waals surface area contributed by atoms with Crippen LogP contribution in [0, 0.1) is 17.5 Å². The maximum absolute atomic E-state index is 13.7. The van der Waals surface area contributed by atoms with Crippen molar-refractivity contribution in [2.45, 2.75) is 12.5 Å². The van der Waals surface area contributed by atoms with E-state index in [1.165, 1.54) is 7.11 Å². The summed E-state index contributed by atoms with van der Waals surface area (Å²) in [6.07, 6.45) is 0. The van der Waals surface area contributed by atoms with Crippen LogP contribution in [0.3, 0.4) is 0 Å². The first-order valence-electron chi connectivity index (χ1n) is 8.05. The van der Waals surface area contributed by atoms with Gasteiger partial charge >= 0.3 is 0 Å². The molecular formula is C18H18F3N3O2. The Bertz CT molecular complexity index is 824. The highest BCUT2D eigenvalue weighted by molar-refractivity contribution is 5.94. The summed E-state index contributed by atoms with van der Waals surface area (Å²) in [5.74, 6) is -3.10. The molecule has 8 heteroatoms. The largest absolute Gasteiger partial charge is 0.496 e. The number of carbonyl (C=O) groups is 1. The van der Waals surface area contributed by atoms with Crippen LogP contribution in [-0.2, 0) is 6.54 Å². The molecule has 3 N–H and O–H groups in total. The molecule has 1 aliphatic heterocycles. The molecule has 2 aromatic carbocycles. The standard InChI is InChI=1S/C18H18F3N3O2/c1-26-16-5-10(2-3-14(16)12-8-23-24-9-12)18(25)22-7-11-4-13(19)6-15(20)17(11)21/h2-6,12,23-24H,7-9H2,1H3,(H,22,25). The zero-order valence-electron chi connectivity index (χ0n) is 14.0. The minimum Gasteiger partial charge on any atom is -0.496 e. The molecule has 138 valence electrons. The third-order valence-electron chi connectivity index (χ3n) is 4.27. The van der Waals surface area contributed by atoms with Gasteiger partial charge in [0.05, 0.1) is 7.11 Å². The van der Waals surface area contributed by atoms with Gasteiger partial charge in [-0.2, -0.15) is 0 Å². The summed E-state index contributed by atoms with van der Waals surface area (Å²) < 4.78 is 45.4. The minimum atomic E-state index is -1.29. The summed E-state index contributed by atoms with van der Waals surface area (Å²) in [6.45, 7) is 1.15. The number of amides is 1. The number of nitrogens with one attached hydrogen (secondary N) is 3. The van der Waals surface area contributed by atoms with Crippen LogP contribution in [-0.4, -0.2) is 26.1 Å². The molecule has 0 spiro atoms. The maximum atomic E-state index is 13.7. The van der Waals surface area contributed by atoms with Crippen LogP contribution in [0.15, 0.2) is 30.3 Å². The Morgan fingerprint density at radius 2 is 1.92 bits per heavy atom. The molecule has 0 bridgehead atoms. The lowest BCUT2D eigenvalue weighted by Crippen LogP contribution is -2.24. The van der Waals surface area contributed by atoms with Crippen LogP contribution in [0.5, 0.6) is 5.75 Å². The fourth-order valence-corrected chi connectivity index (χ4v) is 2.89. The van der Waals surface area contributed by atoms with E-state index in [1.54, 1.807) is 18.2 Å². The van der Waals surface area contributed by atoms with Gasteiger partial charge in [-0.3, -0.25) is 15.6 Å². The molecule has 0 aromatic heterocycles. The van der Waals surface area contributed by atoms with E-state index >= 15 is 0 Å². The molecular weight excluding hydrogens is 347 g/mol. The van der Waals surface area contributed by atoms with Crippen LogP contribution in [0.2, 0.25) is 0 Å². The third-order valence-corrected chi connectivity index (χ3v) is 4.27. The Balaban J connectivity index is 1.74. The Labute approximate surface area is 148 Å².